The maximum absolute atomic E-state index is 17.1. The number of nitrogens with zero attached hydrogens (tertiary/aromatic N) is 4. The van der Waals surface area contributed by atoms with Crippen molar-refractivity contribution in [1.29, 1.82) is 0 Å². The average Bonchev–Trinajstić information content (AvgIpc) is 2.89. The van der Waals surface area contributed by atoms with E-state index in [9.17, 15) is 5.11 Å². The first kappa shape index (κ1) is 50.6. The number of amides is 4. The Morgan fingerprint density at radius 2 is 1.50 bits per heavy atom. The van der Waals surface area contributed by atoms with Crippen LogP contribution < -0.4 is 24.4 Å². The number of fused-ring (bicyclic) bond motifs is 4. The largest absolute Gasteiger partial charge is 0.491 e. The molecule has 78 heavy (non-hydrogen) atoms. The molecule has 0 bridgehead atoms. The van der Waals surface area contributed by atoms with Crippen molar-refractivity contribution in [2.45, 2.75) is 74.8 Å². The predicted molar refractivity (Wildman–Crippen MR) is 292 cm³/mol. The lowest BCUT2D eigenvalue weighted by atomic mass is 9.64. The number of imide groups is 1. The molecule has 2 N–H and O–H groups in total. The molecule has 4 amide bonds. The molecule has 1 spiro atoms. The summed E-state index contributed by atoms with van der Waals surface area (Å²) in [6, 6.07) is 43.1. The highest BCUT2D eigenvalue weighted by Gasteiger charge is 2.76. The maximum atomic E-state index is 17.1. The summed E-state index contributed by atoms with van der Waals surface area (Å²) in [5.41, 5.74) is 4.26. The highest BCUT2D eigenvalue weighted by atomic mass is 16.7. The second kappa shape index (κ2) is 21.7. The highest BCUT2D eigenvalue weighted by Crippen LogP contribution is 2.66. The number of carbonyl (C=O) groups excluding carboxylic acids is 4. The van der Waals surface area contributed by atoms with Gasteiger partial charge in [-0.3, -0.25) is 24.2 Å². The fourth-order valence-electron chi connectivity index (χ4n) is 12.7. The Hall–Kier alpha value is -8.22. The summed E-state index contributed by atoms with van der Waals surface area (Å²) < 4.78 is 24.1. The van der Waals surface area contributed by atoms with Crippen molar-refractivity contribution in [2.75, 3.05) is 51.1 Å². The number of hydrogen-bond acceptors (Lipinski definition) is 11. The number of piperazine rings is 1. The van der Waals surface area contributed by atoms with Gasteiger partial charge in [-0.15, -0.1) is 0 Å². The number of ether oxygens (including phenoxy) is 4. The van der Waals surface area contributed by atoms with Gasteiger partial charge >= 0.3 is 12.0 Å². The summed E-state index contributed by atoms with van der Waals surface area (Å²) in [5, 5.41) is 13.1. The molecule has 6 aromatic carbocycles. The minimum Gasteiger partial charge on any atom is -0.491 e. The van der Waals surface area contributed by atoms with Crippen LogP contribution in [0.4, 0.5) is 10.5 Å². The summed E-state index contributed by atoms with van der Waals surface area (Å²) in [6.07, 6.45) is 5.20. The zero-order valence-electron chi connectivity index (χ0n) is 43.5. The van der Waals surface area contributed by atoms with Crippen LogP contribution in [0.1, 0.15) is 95.8 Å². The van der Waals surface area contributed by atoms with Crippen LogP contribution in [0.15, 0.2) is 163 Å². The van der Waals surface area contributed by atoms with Crippen molar-refractivity contribution in [2.24, 2.45) is 5.92 Å². The number of nitrogens with one attached hydrogen (secondary N) is 1. The standard InChI is InChI=1S/C64H61N5O9/c1-42(46-17-8-3-9-18-46)65-63(74)68-52-29-27-44(26-25-43-15-6-2-7-16-43)37-51(52)64(62(68)73)55(60(71)67-33-31-66(32-34-67)40-45-28-30-53-54(38-45)77-41-76-53)57-61(72)78-58(48-21-12-5-13-22-48)56(47-19-10-4-11-20-47)69(57)59(64)49-23-14-24-50(39-49)75-36-35-70/h3-5,8-15,17-24,27-30,37-39,42,55-59,70H,2,6-7,16,31-36,40-41H2,1H3,(H,65,74). The number of rotatable bonds is 11. The second-order valence-corrected chi connectivity index (χ2v) is 20.9. The summed E-state index contributed by atoms with van der Waals surface area (Å²) in [4.78, 5) is 72.2. The SMILES string of the molecule is CC(NC(=O)N1C(=O)C2(c3cc(C#CC4=CCCCC4)ccc31)C(C(=O)N1CCN(Cc3ccc4c(c3)OCO4)CC1)C1C(=O)OC(c3ccccc3)C(c3ccccc3)N1C2c1cccc(OCCO)c1)c1ccccc1. The molecule has 6 aromatic rings. The molecule has 12 rings (SSSR count). The average molecular weight is 1040 g/mol. The number of benzene rings is 6. The van der Waals surface area contributed by atoms with E-state index < -0.39 is 65.4 Å². The van der Waals surface area contributed by atoms with Crippen LogP contribution in [0.2, 0.25) is 0 Å². The van der Waals surface area contributed by atoms with Crippen molar-refractivity contribution >= 4 is 29.5 Å². The van der Waals surface area contributed by atoms with Gasteiger partial charge in [-0.25, -0.2) is 9.69 Å². The van der Waals surface area contributed by atoms with Gasteiger partial charge in [0.15, 0.2) is 11.5 Å². The van der Waals surface area contributed by atoms with Crippen molar-refractivity contribution in [1.82, 2.24) is 20.0 Å². The summed E-state index contributed by atoms with van der Waals surface area (Å²) in [7, 11) is 0. The fourth-order valence-corrected chi connectivity index (χ4v) is 12.7. The molecule has 5 aliphatic heterocycles. The number of aliphatic hydroxyl groups is 1. The predicted octanol–water partition coefficient (Wildman–Crippen LogP) is 9.12. The van der Waals surface area contributed by atoms with Crippen LogP contribution in [-0.2, 0) is 31.1 Å². The third-order valence-electron chi connectivity index (χ3n) is 16.3. The number of urea groups is 1. The lowest BCUT2D eigenvalue weighted by Crippen LogP contribution is -2.59. The molecule has 0 radical (unpaired) electrons. The molecule has 3 saturated heterocycles. The van der Waals surface area contributed by atoms with Crippen LogP contribution in [-0.4, -0.2) is 95.8 Å². The van der Waals surface area contributed by atoms with Crippen LogP contribution in [0.3, 0.4) is 0 Å². The van der Waals surface area contributed by atoms with E-state index in [1.54, 1.807) is 17.0 Å². The first-order chi connectivity index (χ1) is 38.2. The van der Waals surface area contributed by atoms with E-state index in [-0.39, 0.29) is 25.7 Å². The molecule has 5 heterocycles. The van der Waals surface area contributed by atoms with Crippen LogP contribution >= 0.6 is 0 Å². The van der Waals surface area contributed by atoms with E-state index in [0.717, 1.165) is 53.5 Å². The number of allylic oxidation sites excluding steroid dienone is 2. The monoisotopic (exact) mass is 1040 g/mol. The van der Waals surface area contributed by atoms with Crippen molar-refractivity contribution in [3.05, 3.63) is 202 Å². The summed E-state index contributed by atoms with van der Waals surface area (Å²) >= 11 is 0. The minimum absolute atomic E-state index is 0.00379. The third kappa shape index (κ3) is 9.25. The number of hydrogen-bond donors (Lipinski definition) is 2. The highest BCUT2D eigenvalue weighted by molar-refractivity contribution is 6.24. The van der Waals surface area contributed by atoms with Gasteiger partial charge in [-0.2, -0.15) is 0 Å². The second-order valence-electron chi connectivity index (χ2n) is 20.9. The lowest BCUT2D eigenvalue weighted by molar-refractivity contribution is -0.179. The number of cyclic esters (lactones) is 1. The molecular formula is C64H61N5O9. The molecule has 14 heteroatoms. The first-order valence-electron chi connectivity index (χ1n) is 27.1. The zero-order valence-corrected chi connectivity index (χ0v) is 43.5. The normalized spacial score (nSPS) is 23.9. The van der Waals surface area contributed by atoms with E-state index >= 15 is 19.2 Å². The molecule has 3 fully saturated rings. The lowest BCUT2D eigenvalue weighted by Gasteiger charge is -2.46. The summed E-state index contributed by atoms with van der Waals surface area (Å²) in [6.45, 7) is 3.98. The molecular weight excluding hydrogens is 983 g/mol. The van der Waals surface area contributed by atoms with Gasteiger partial charge < -0.3 is 34.3 Å². The van der Waals surface area contributed by atoms with E-state index in [4.69, 9.17) is 18.9 Å². The Labute approximate surface area is 454 Å². The van der Waals surface area contributed by atoms with Gasteiger partial charge in [0, 0.05) is 38.3 Å². The Morgan fingerprint density at radius 1 is 0.769 bits per heavy atom. The van der Waals surface area contributed by atoms with E-state index in [2.05, 4.69) is 28.1 Å². The van der Waals surface area contributed by atoms with Crippen molar-refractivity contribution in [3.8, 4) is 29.1 Å². The topological polar surface area (TPSA) is 150 Å². The number of esters is 1. The zero-order chi connectivity index (χ0) is 53.3. The van der Waals surface area contributed by atoms with Gasteiger partial charge in [0.05, 0.1) is 36.3 Å². The Morgan fingerprint density at radius 3 is 2.24 bits per heavy atom. The van der Waals surface area contributed by atoms with Gasteiger partial charge in [-0.05, 0) is 114 Å². The van der Waals surface area contributed by atoms with Gasteiger partial charge in [0.25, 0.3) is 0 Å². The summed E-state index contributed by atoms with van der Waals surface area (Å²) in [5.74, 6) is 5.46. The van der Waals surface area contributed by atoms with Crippen molar-refractivity contribution < 1.29 is 43.2 Å². The molecule has 7 atom stereocenters. The number of carbonyl (C=O) groups is 4. The Balaban J connectivity index is 1.07. The molecule has 1 aliphatic carbocycles. The van der Waals surface area contributed by atoms with Crippen LogP contribution in [0.25, 0.3) is 0 Å². The molecule has 0 aromatic heterocycles. The number of morpholine rings is 1. The van der Waals surface area contributed by atoms with Crippen LogP contribution in [0.5, 0.6) is 17.2 Å². The molecule has 396 valence electrons. The first-order valence-corrected chi connectivity index (χ1v) is 27.1. The number of anilines is 1. The van der Waals surface area contributed by atoms with Gasteiger partial charge in [0.1, 0.15) is 29.9 Å². The van der Waals surface area contributed by atoms with Gasteiger partial charge in [0.2, 0.25) is 18.6 Å². The molecule has 7 unspecified atom stereocenters. The van der Waals surface area contributed by atoms with E-state index in [1.807, 2.05) is 151 Å². The Kier molecular flexibility index (Phi) is 14.0. The van der Waals surface area contributed by atoms with Crippen molar-refractivity contribution in [3.63, 3.8) is 0 Å². The maximum Gasteiger partial charge on any atom is 0.329 e. The fraction of sp³-hybridized carbons (Fsp3) is 0.312. The quantitative estimate of drug-likeness (QED) is 0.0945. The molecule has 0 saturated carbocycles. The van der Waals surface area contributed by atoms with Crippen LogP contribution in [0, 0.1) is 17.8 Å². The third-order valence-corrected chi connectivity index (χ3v) is 16.3. The molecule has 6 aliphatic rings. The van der Waals surface area contributed by atoms with E-state index in [0.29, 0.717) is 66.7 Å². The Bertz CT molecular complexity index is 3340. The van der Waals surface area contributed by atoms with Gasteiger partial charge in [-0.1, -0.05) is 127 Å². The molecule has 14 nitrogen and oxygen atoms in total. The number of aliphatic hydroxyl groups excluding tert-OH is 1. The smallest absolute Gasteiger partial charge is 0.329 e. The van der Waals surface area contributed by atoms with E-state index in [1.165, 1.54) is 4.90 Å². The minimum atomic E-state index is -1.98.